The predicted molar refractivity (Wildman–Crippen MR) is 89.6 cm³/mol. The molecule has 7 nitrogen and oxygen atoms in total. The second kappa shape index (κ2) is 7.74. The topological polar surface area (TPSA) is 108 Å². The Bertz CT molecular complexity index is 812. The molecule has 0 fully saturated rings. The van der Waals surface area contributed by atoms with Crippen LogP contribution in [0.5, 0.6) is 0 Å². The number of carbonyl (C=O) groups is 1. The van der Waals surface area contributed by atoms with Gasteiger partial charge in [0.1, 0.15) is 5.69 Å². The van der Waals surface area contributed by atoms with Gasteiger partial charge in [-0.25, -0.2) is 0 Å². The highest BCUT2D eigenvalue weighted by Crippen LogP contribution is 2.25. The molecule has 1 amide bonds. The highest BCUT2D eigenvalue weighted by Gasteiger charge is 2.14. The number of amides is 1. The maximum Gasteiger partial charge on any atom is 0.292 e. The first-order valence-corrected chi connectivity index (χ1v) is 7.34. The minimum atomic E-state index is -0.505. The number of nitriles is 1. The van der Waals surface area contributed by atoms with E-state index in [0.717, 1.165) is 5.56 Å². The van der Waals surface area contributed by atoms with Crippen LogP contribution in [0.25, 0.3) is 0 Å². The fourth-order valence-corrected chi connectivity index (χ4v) is 2.19. The lowest BCUT2D eigenvalue weighted by Gasteiger charge is -2.09. The summed E-state index contributed by atoms with van der Waals surface area (Å²) in [6.07, 6.45) is 0. The first-order chi connectivity index (χ1) is 11.5. The lowest BCUT2D eigenvalue weighted by Crippen LogP contribution is -2.22. The van der Waals surface area contributed by atoms with E-state index in [1.165, 1.54) is 18.2 Å². The number of hydrogen-bond donors (Lipinski definition) is 2. The van der Waals surface area contributed by atoms with E-state index in [9.17, 15) is 14.9 Å². The van der Waals surface area contributed by atoms with Crippen LogP contribution in [-0.4, -0.2) is 17.4 Å². The van der Waals surface area contributed by atoms with Gasteiger partial charge in [-0.15, -0.1) is 0 Å². The number of rotatable bonds is 6. The smallest absolute Gasteiger partial charge is 0.292 e. The molecule has 0 saturated heterocycles. The Kier molecular flexibility index (Phi) is 5.47. The van der Waals surface area contributed by atoms with Crippen LogP contribution in [0.15, 0.2) is 42.5 Å². The maximum absolute atomic E-state index is 11.8. The molecule has 0 aliphatic heterocycles. The van der Waals surface area contributed by atoms with Gasteiger partial charge in [0, 0.05) is 24.7 Å². The number of carbonyl (C=O) groups excluding carboxylic acids is 1. The van der Waals surface area contributed by atoms with Crippen LogP contribution < -0.4 is 10.6 Å². The molecule has 7 heteroatoms. The van der Waals surface area contributed by atoms with Crippen molar-refractivity contribution in [2.24, 2.45) is 0 Å². The second-order valence-corrected chi connectivity index (χ2v) is 5.01. The third-order valence-corrected chi connectivity index (χ3v) is 3.33. The molecule has 0 radical (unpaired) electrons. The van der Waals surface area contributed by atoms with Gasteiger partial charge in [0.2, 0.25) is 0 Å². The molecule has 0 saturated carbocycles. The first-order valence-electron chi connectivity index (χ1n) is 7.34. The zero-order valence-electron chi connectivity index (χ0n) is 13.1. The van der Waals surface area contributed by atoms with Crippen LogP contribution in [0.3, 0.4) is 0 Å². The van der Waals surface area contributed by atoms with Crippen LogP contribution in [0, 0.1) is 21.4 Å². The summed E-state index contributed by atoms with van der Waals surface area (Å²) >= 11 is 0. The third kappa shape index (κ3) is 4.08. The monoisotopic (exact) mass is 324 g/mol. The number of anilines is 1. The number of hydrogen-bond acceptors (Lipinski definition) is 5. The summed E-state index contributed by atoms with van der Waals surface area (Å²) in [6.45, 7) is 2.67. The largest absolute Gasteiger partial charge is 0.375 e. The Morgan fingerprint density at radius 1 is 1.29 bits per heavy atom. The van der Waals surface area contributed by atoms with Gasteiger partial charge in [-0.2, -0.15) is 5.26 Å². The van der Waals surface area contributed by atoms with Crippen molar-refractivity contribution in [3.8, 4) is 6.07 Å². The van der Waals surface area contributed by atoms with Crippen LogP contribution in [-0.2, 0) is 6.54 Å². The van der Waals surface area contributed by atoms with Crippen molar-refractivity contribution in [1.29, 1.82) is 5.26 Å². The molecular formula is C17H16N4O3. The standard InChI is InChI=1S/C17H16N4O3/c1-2-19-17(22)14-5-3-4-13(8-14)11-20-15-9-12(10-18)6-7-16(15)21(23)24/h3-9,20H,2,11H2,1H3,(H,19,22). The van der Waals surface area contributed by atoms with E-state index in [0.29, 0.717) is 24.2 Å². The zero-order valence-corrected chi connectivity index (χ0v) is 13.1. The summed E-state index contributed by atoms with van der Waals surface area (Å²) in [6, 6.07) is 13.1. The molecule has 122 valence electrons. The molecule has 0 heterocycles. The van der Waals surface area contributed by atoms with Gasteiger partial charge in [-0.1, -0.05) is 12.1 Å². The summed E-state index contributed by atoms with van der Waals surface area (Å²) in [5, 5.41) is 25.7. The van der Waals surface area contributed by atoms with E-state index in [4.69, 9.17) is 5.26 Å². The molecule has 24 heavy (non-hydrogen) atoms. The Hall–Kier alpha value is -3.40. The van der Waals surface area contributed by atoms with Gasteiger partial charge < -0.3 is 10.6 Å². The molecule has 0 aromatic heterocycles. The zero-order chi connectivity index (χ0) is 17.5. The molecule has 0 spiro atoms. The van der Waals surface area contributed by atoms with Crippen molar-refractivity contribution in [2.45, 2.75) is 13.5 Å². The van der Waals surface area contributed by atoms with Crippen molar-refractivity contribution >= 4 is 17.3 Å². The number of nitro benzene ring substituents is 1. The molecule has 0 aliphatic carbocycles. The second-order valence-electron chi connectivity index (χ2n) is 5.01. The molecule has 2 aromatic rings. The van der Waals surface area contributed by atoms with E-state index in [1.54, 1.807) is 18.2 Å². The van der Waals surface area contributed by atoms with Gasteiger partial charge in [-0.05, 0) is 36.8 Å². The van der Waals surface area contributed by atoms with Crippen LogP contribution in [0.1, 0.15) is 28.4 Å². The quantitative estimate of drug-likeness (QED) is 0.627. The van der Waals surface area contributed by atoms with Gasteiger partial charge >= 0.3 is 0 Å². The van der Waals surface area contributed by atoms with Crippen LogP contribution in [0.4, 0.5) is 11.4 Å². The third-order valence-electron chi connectivity index (χ3n) is 3.33. The van der Waals surface area contributed by atoms with E-state index < -0.39 is 4.92 Å². The lowest BCUT2D eigenvalue weighted by molar-refractivity contribution is -0.384. The van der Waals surface area contributed by atoms with Gasteiger partial charge in [0.15, 0.2) is 0 Å². The molecular weight excluding hydrogens is 308 g/mol. The van der Waals surface area contributed by atoms with Gasteiger partial charge in [0.25, 0.3) is 11.6 Å². The average molecular weight is 324 g/mol. The summed E-state index contributed by atoms with van der Waals surface area (Å²) in [5.41, 5.74) is 1.82. The molecule has 0 bridgehead atoms. The van der Waals surface area contributed by atoms with E-state index in [-0.39, 0.29) is 17.3 Å². The van der Waals surface area contributed by atoms with Crippen molar-refractivity contribution in [2.75, 3.05) is 11.9 Å². The molecule has 0 unspecified atom stereocenters. The minimum absolute atomic E-state index is 0.103. The molecule has 0 aliphatic rings. The summed E-state index contributed by atoms with van der Waals surface area (Å²) in [7, 11) is 0. The molecule has 2 N–H and O–H groups in total. The molecule has 2 aromatic carbocycles. The highest BCUT2D eigenvalue weighted by molar-refractivity contribution is 5.94. The fraction of sp³-hybridized carbons (Fsp3) is 0.176. The predicted octanol–water partition coefficient (Wildman–Crippen LogP) is 2.83. The minimum Gasteiger partial charge on any atom is -0.375 e. The number of nitro groups is 1. The normalized spacial score (nSPS) is 9.83. The fourth-order valence-electron chi connectivity index (χ4n) is 2.19. The average Bonchev–Trinajstić information content (AvgIpc) is 2.60. The Balaban J connectivity index is 2.19. The van der Waals surface area contributed by atoms with Gasteiger partial charge in [0.05, 0.1) is 16.6 Å². The Morgan fingerprint density at radius 2 is 2.08 bits per heavy atom. The SMILES string of the molecule is CCNC(=O)c1cccc(CNc2cc(C#N)ccc2[N+](=O)[O-])c1. The summed E-state index contributed by atoms with van der Waals surface area (Å²) < 4.78 is 0. The number of nitrogens with zero attached hydrogens (tertiary/aromatic N) is 2. The number of benzene rings is 2. The van der Waals surface area contributed by atoms with Crippen molar-refractivity contribution < 1.29 is 9.72 Å². The highest BCUT2D eigenvalue weighted by atomic mass is 16.6. The first kappa shape index (κ1) is 17.0. The molecule has 2 rings (SSSR count). The van der Waals surface area contributed by atoms with Crippen molar-refractivity contribution in [3.63, 3.8) is 0 Å². The summed E-state index contributed by atoms with van der Waals surface area (Å²) in [4.78, 5) is 22.4. The van der Waals surface area contributed by atoms with Crippen molar-refractivity contribution in [3.05, 3.63) is 69.3 Å². The van der Waals surface area contributed by atoms with E-state index in [1.807, 2.05) is 19.1 Å². The maximum atomic E-state index is 11.8. The van der Waals surface area contributed by atoms with Crippen LogP contribution >= 0.6 is 0 Å². The van der Waals surface area contributed by atoms with E-state index in [2.05, 4.69) is 10.6 Å². The summed E-state index contributed by atoms with van der Waals surface area (Å²) in [5.74, 6) is -0.170. The lowest BCUT2D eigenvalue weighted by atomic mass is 10.1. The number of nitrogens with one attached hydrogen (secondary N) is 2. The molecule has 0 atom stereocenters. The van der Waals surface area contributed by atoms with Crippen molar-refractivity contribution in [1.82, 2.24) is 5.32 Å². The Labute approximate surface area is 139 Å². The van der Waals surface area contributed by atoms with E-state index >= 15 is 0 Å². The Morgan fingerprint density at radius 3 is 2.75 bits per heavy atom. The van der Waals surface area contributed by atoms with Crippen LogP contribution in [0.2, 0.25) is 0 Å². The van der Waals surface area contributed by atoms with Gasteiger partial charge in [-0.3, -0.25) is 14.9 Å².